The van der Waals surface area contributed by atoms with E-state index < -0.39 is 0 Å². The Morgan fingerprint density at radius 3 is 3.00 bits per heavy atom. The summed E-state index contributed by atoms with van der Waals surface area (Å²) in [5.74, 6) is 0.182. The number of amides is 1. The van der Waals surface area contributed by atoms with Gasteiger partial charge in [0.05, 0.1) is 6.04 Å². The topological polar surface area (TPSA) is 44.4 Å². The number of piperazine rings is 1. The maximum absolute atomic E-state index is 11.5. The van der Waals surface area contributed by atoms with Crippen LogP contribution >= 0.6 is 0 Å². The number of hydrogen-bond acceptors (Lipinski definition) is 3. The molecule has 4 heteroatoms. The average Bonchev–Trinajstić information content (AvgIpc) is 2.23. The predicted molar refractivity (Wildman–Crippen MR) is 55.1 cm³/mol. The van der Waals surface area contributed by atoms with Crippen LogP contribution in [0.3, 0.4) is 0 Å². The van der Waals surface area contributed by atoms with Crippen LogP contribution in [0.1, 0.15) is 19.8 Å². The molecule has 0 bridgehead atoms. The fourth-order valence-electron chi connectivity index (χ4n) is 2.42. The molecule has 4 nitrogen and oxygen atoms in total. The maximum atomic E-state index is 11.5. The third-order valence-electron chi connectivity index (χ3n) is 3.29. The van der Waals surface area contributed by atoms with Gasteiger partial charge >= 0.3 is 0 Å². The Balaban J connectivity index is 1.97. The van der Waals surface area contributed by atoms with Gasteiger partial charge in [-0.3, -0.25) is 9.69 Å². The molecule has 2 rings (SSSR count). The zero-order valence-electron chi connectivity index (χ0n) is 8.75. The van der Waals surface area contributed by atoms with Crippen molar-refractivity contribution in [2.45, 2.75) is 31.8 Å². The molecule has 0 aromatic heterocycles. The summed E-state index contributed by atoms with van der Waals surface area (Å²) < 4.78 is 0. The first-order valence-corrected chi connectivity index (χ1v) is 5.53. The Hall–Kier alpha value is -0.610. The van der Waals surface area contributed by atoms with E-state index >= 15 is 0 Å². The summed E-state index contributed by atoms with van der Waals surface area (Å²) >= 11 is 0. The number of hydrogen-bond donors (Lipinski definition) is 2. The second-order valence-electron chi connectivity index (χ2n) is 4.21. The lowest BCUT2D eigenvalue weighted by atomic mass is 10.0. The second-order valence-corrected chi connectivity index (χ2v) is 4.21. The van der Waals surface area contributed by atoms with Crippen molar-refractivity contribution in [3.8, 4) is 0 Å². The molecular weight excluding hydrogens is 178 g/mol. The van der Waals surface area contributed by atoms with Crippen molar-refractivity contribution in [2.24, 2.45) is 0 Å². The van der Waals surface area contributed by atoms with Crippen molar-refractivity contribution < 1.29 is 4.79 Å². The second kappa shape index (κ2) is 4.28. The van der Waals surface area contributed by atoms with Crippen molar-refractivity contribution in [2.75, 3.05) is 26.2 Å². The average molecular weight is 197 g/mol. The van der Waals surface area contributed by atoms with Crippen LogP contribution in [0.15, 0.2) is 0 Å². The minimum atomic E-state index is 0.0497. The fraction of sp³-hybridized carbons (Fsp3) is 0.900. The highest BCUT2D eigenvalue weighted by molar-refractivity contribution is 5.82. The molecule has 2 aliphatic rings. The molecule has 0 spiro atoms. The minimum Gasteiger partial charge on any atom is -0.353 e. The van der Waals surface area contributed by atoms with E-state index in [4.69, 9.17) is 0 Å². The van der Waals surface area contributed by atoms with Gasteiger partial charge in [0.25, 0.3) is 0 Å². The van der Waals surface area contributed by atoms with E-state index in [0.29, 0.717) is 6.04 Å². The highest BCUT2D eigenvalue weighted by Crippen LogP contribution is 2.15. The van der Waals surface area contributed by atoms with Gasteiger partial charge in [-0.05, 0) is 26.3 Å². The van der Waals surface area contributed by atoms with Crippen molar-refractivity contribution >= 4 is 5.91 Å². The molecular formula is C10H19N3O. The number of carbonyl (C=O) groups is 1. The maximum Gasteiger partial charge on any atom is 0.237 e. The normalized spacial score (nSPS) is 35.4. The van der Waals surface area contributed by atoms with E-state index in [-0.39, 0.29) is 11.9 Å². The molecule has 2 atom stereocenters. The number of nitrogens with zero attached hydrogens (tertiary/aromatic N) is 1. The molecule has 14 heavy (non-hydrogen) atoms. The summed E-state index contributed by atoms with van der Waals surface area (Å²) in [7, 11) is 0. The van der Waals surface area contributed by atoms with Gasteiger partial charge < -0.3 is 10.6 Å². The molecule has 1 amide bonds. The van der Waals surface area contributed by atoms with E-state index in [1.165, 1.54) is 12.8 Å². The number of rotatable bonds is 1. The third kappa shape index (κ3) is 1.91. The lowest BCUT2D eigenvalue weighted by molar-refractivity contribution is -0.129. The molecule has 2 saturated heterocycles. The van der Waals surface area contributed by atoms with Crippen molar-refractivity contribution in [1.82, 2.24) is 15.5 Å². The molecule has 0 aromatic rings. The molecule has 2 fully saturated rings. The lowest BCUT2D eigenvalue weighted by Gasteiger charge is -2.40. The lowest BCUT2D eigenvalue weighted by Crippen LogP contribution is -2.60. The Morgan fingerprint density at radius 2 is 2.29 bits per heavy atom. The summed E-state index contributed by atoms with van der Waals surface area (Å²) in [4.78, 5) is 13.8. The predicted octanol–water partition coefficient (Wildman–Crippen LogP) is -0.441. The third-order valence-corrected chi connectivity index (χ3v) is 3.29. The van der Waals surface area contributed by atoms with E-state index in [1.54, 1.807) is 0 Å². The molecule has 2 heterocycles. The quantitative estimate of drug-likeness (QED) is 0.599. The van der Waals surface area contributed by atoms with Crippen LogP contribution in [-0.4, -0.2) is 49.1 Å². The van der Waals surface area contributed by atoms with Crippen LogP contribution in [-0.2, 0) is 4.79 Å². The highest BCUT2D eigenvalue weighted by Gasteiger charge is 2.31. The van der Waals surface area contributed by atoms with Gasteiger partial charge in [-0.15, -0.1) is 0 Å². The molecule has 0 aliphatic carbocycles. The molecule has 0 radical (unpaired) electrons. The van der Waals surface area contributed by atoms with Gasteiger partial charge in [0.15, 0.2) is 0 Å². The summed E-state index contributed by atoms with van der Waals surface area (Å²) in [6.07, 6.45) is 2.46. The van der Waals surface area contributed by atoms with E-state index in [1.807, 2.05) is 6.92 Å². The summed E-state index contributed by atoms with van der Waals surface area (Å²) in [5, 5.41) is 6.29. The van der Waals surface area contributed by atoms with Crippen LogP contribution in [0, 0.1) is 0 Å². The number of carbonyl (C=O) groups excluding carboxylic acids is 1. The SMILES string of the molecule is CC1C(=O)NCCN1C1CCCNC1. The summed E-state index contributed by atoms with van der Waals surface area (Å²) in [5.41, 5.74) is 0. The monoisotopic (exact) mass is 197 g/mol. The summed E-state index contributed by atoms with van der Waals surface area (Å²) in [6, 6.07) is 0.610. The Bertz CT molecular complexity index is 213. The fourth-order valence-corrected chi connectivity index (χ4v) is 2.42. The van der Waals surface area contributed by atoms with E-state index in [9.17, 15) is 4.79 Å². The highest BCUT2D eigenvalue weighted by atomic mass is 16.2. The van der Waals surface area contributed by atoms with Crippen LogP contribution < -0.4 is 10.6 Å². The zero-order valence-corrected chi connectivity index (χ0v) is 8.75. The van der Waals surface area contributed by atoms with Crippen molar-refractivity contribution in [3.63, 3.8) is 0 Å². The summed E-state index contributed by atoms with van der Waals surface area (Å²) in [6.45, 7) is 5.98. The van der Waals surface area contributed by atoms with Crippen LogP contribution in [0.4, 0.5) is 0 Å². The zero-order chi connectivity index (χ0) is 9.97. The standard InChI is InChI=1S/C10H19N3O/c1-8-10(14)12-5-6-13(8)9-3-2-4-11-7-9/h8-9,11H,2-7H2,1H3,(H,12,14). The van der Waals surface area contributed by atoms with Crippen LogP contribution in [0.2, 0.25) is 0 Å². The molecule has 2 aliphatic heterocycles. The smallest absolute Gasteiger partial charge is 0.237 e. The van der Waals surface area contributed by atoms with Gasteiger partial charge in [-0.25, -0.2) is 0 Å². The largest absolute Gasteiger partial charge is 0.353 e. The van der Waals surface area contributed by atoms with Gasteiger partial charge in [-0.1, -0.05) is 0 Å². The van der Waals surface area contributed by atoms with Crippen LogP contribution in [0.25, 0.3) is 0 Å². The van der Waals surface area contributed by atoms with Crippen molar-refractivity contribution in [3.05, 3.63) is 0 Å². The Morgan fingerprint density at radius 1 is 1.43 bits per heavy atom. The molecule has 2 N–H and O–H groups in total. The number of piperidine rings is 1. The van der Waals surface area contributed by atoms with Gasteiger partial charge in [-0.2, -0.15) is 0 Å². The number of nitrogens with one attached hydrogen (secondary N) is 2. The Kier molecular flexibility index (Phi) is 3.03. The molecule has 2 unspecified atom stereocenters. The van der Waals surface area contributed by atoms with Gasteiger partial charge in [0.1, 0.15) is 0 Å². The molecule has 0 saturated carbocycles. The molecule has 80 valence electrons. The first kappa shape index (κ1) is 9.93. The van der Waals surface area contributed by atoms with Gasteiger partial charge in [0.2, 0.25) is 5.91 Å². The Labute approximate surface area is 85.0 Å². The van der Waals surface area contributed by atoms with E-state index in [0.717, 1.165) is 26.2 Å². The first-order valence-electron chi connectivity index (χ1n) is 5.53. The van der Waals surface area contributed by atoms with Crippen LogP contribution in [0.5, 0.6) is 0 Å². The van der Waals surface area contributed by atoms with E-state index in [2.05, 4.69) is 15.5 Å². The molecule has 0 aromatic carbocycles. The first-order chi connectivity index (χ1) is 6.79. The van der Waals surface area contributed by atoms with Gasteiger partial charge in [0, 0.05) is 25.7 Å². The van der Waals surface area contributed by atoms with Crippen molar-refractivity contribution in [1.29, 1.82) is 0 Å². The minimum absolute atomic E-state index is 0.0497.